The molecule has 0 bridgehead atoms. The molecule has 122 valence electrons. The molecule has 0 atom stereocenters. The molecule has 1 heterocycles. The van der Waals surface area contributed by atoms with E-state index in [-0.39, 0.29) is 33.3 Å². The molecule has 0 aliphatic carbocycles. The SMILES string of the molecule is COc1cccc(C(=O)c2c(CBr)[n+]([O-])c3ccccc3[n+]2[O-])c1. The molecular formula is C17H13BrN2O4. The van der Waals surface area contributed by atoms with E-state index < -0.39 is 5.78 Å². The number of benzene rings is 2. The first-order valence-electron chi connectivity index (χ1n) is 7.10. The molecule has 0 spiro atoms. The van der Waals surface area contributed by atoms with Gasteiger partial charge in [-0.3, -0.25) is 4.79 Å². The number of ketones is 1. The summed E-state index contributed by atoms with van der Waals surface area (Å²) >= 11 is 3.20. The van der Waals surface area contributed by atoms with Crippen molar-refractivity contribution < 1.29 is 19.0 Å². The summed E-state index contributed by atoms with van der Waals surface area (Å²) in [6.45, 7) is 0. The molecule has 0 unspecified atom stereocenters. The molecule has 1 aromatic heterocycles. The Labute approximate surface area is 146 Å². The van der Waals surface area contributed by atoms with Gasteiger partial charge in [0.25, 0.3) is 22.5 Å². The molecule has 0 saturated heterocycles. The fourth-order valence-electron chi connectivity index (χ4n) is 2.53. The maximum atomic E-state index is 12.9. The fourth-order valence-corrected chi connectivity index (χ4v) is 3.02. The van der Waals surface area contributed by atoms with Crippen LogP contribution < -0.4 is 14.2 Å². The van der Waals surface area contributed by atoms with Crippen molar-refractivity contribution in [2.45, 2.75) is 5.33 Å². The van der Waals surface area contributed by atoms with Crippen LogP contribution >= 0.6 is 15.9 Å². The highest BCUT2D eigenvalue weighted by Gasteiger charge is 2.33. The third kappa shape index (κ3) is 2.56. The minimum atomic E-state index is -0.534. The topological polar surface area (TPSA) is 80.2 Å². The zero-order valence-corrected chi connectivity index (χ0v) is 14.3. The van der Waals surface area contributed by atoms with E-state index in [4.69, 9.17) is 4.74 Å². The Balaban J connectivity index is 2.28. The molecule has 0 saturated carbocycles. The molecule has 3 aromatic rings. The van der Waals surface area contributed by atoms with Crippen LogP contribution in [-0.4, -0.2) is 12.9 Å². The first-order chi connectivity index (χ1) is 11.6. The standard InChI is InChI=1S/C17H13BrN2O4/c1-24-12-6-4-5-11(9-12)17(21)16-15(10-18)19(22)13-7-2-3-8-14(13)20(16)23/h2-9H,10H2,1H3. The lowest BCUT2D eigenvalue weighted by Crippen LogP contribution is -2.47. The van der Waals surface area contributed by atoms with Crippen molar-refractivity contribution in [3.63, 3.8) is 0 Å². The van der Waals surface area contributed by atoms with Crippen LogP contribution in [0.4, 0.5) is 0 Å². The van der Waals surface area contributed by atoms with Gasteiger partial charge in [0.1, 0.15) is 5.75 Å². The smallest absolute Gasteiger partial charge is 0.335 e. The van der Waals surface area contributed by atoms with Crippen LogP contribution in [0.15, 0.2) is 48.5 Å². The first kappa shape index (κ1) is 16.2. The lowest BCUT2D eigenvalue weighted by atomic mass is 10.1. The lowest BCUT2D eigenvalue weighted by Gasteiger charge is -2.11. The van der Waals surface area contributed by atoms with E-state index in [2.05, 4.69) is 15.9 Å². The Morgan fingerprint density at radius 2 is 1.75 bits per heavy atom. The third-order valence-electron chi connectivity index (χ3n) is 3.71. The third-order valence-corrected chi connectivity index (χ3v) is 4.25. The van der Waals surface area contributed by atoms with Gasteiger partial charge in [-0.2, -0.15) is 9.46 Å². The maximum absolute atomic E-state index is 12.9. The van der Waals surface area contributed by atoms with E-state index in [1.807, 2.05) is 0 Å². The van der Waals surface area contributed by atoms with Gasteiger partial charge in [-0.1, -0.05) is 40.2 Å². The van der Waals surface area contributed by atoms with Gasteiger partial charge in [0.05, 0.1) is 12.4 Å². The van der Waals surface area contributed by atoms with Gasteiger partial charge in [0, 0.05) is 17.7 Å². The van der Waals surface area contributed by atoms with Crippen LogP contribution in [0.25, 0.3) is 11.0 Å². The number of hydrogen-bond donors (Lipinski definition) is 0. The normalized spacial score (nSPS) is 10.8. The summed E-state index contributed by atoms with van der Waals surface area (Å²) in [4.78, 5) is 12.9. The second kappa shape index (κ2) is 6.45. The van der Waals surface area contributed by atoms with Crippen molar-refractivity contribution in [3.05, 3.63) is 75.9 Å². The van der Waals surface area contributed by atoms with Crippen molar-refractivity contribution >= 4 is 32.7 Å². The van der Waals surface area contributed by atoms with Crippen molar-refractivity contribution in [2.24, 2.45) is 0 Å². The Morgan fingerprint density at radius 3 is 2.38 bits per heavy atom. The molecule has 3 rings (SSSR count). The van der Waals surface area contributed by atoms with Crippen LogP contribution in [-0.2, 0) is 5.33 Å². The van der Waals surface area contributed by atoms with Gasteiger partial charge in [-0.25, -0.2) is 0 Å². The molecule has 0 amide bonds. The summed E-state index contributed by atoms with van der Waals surface area (Å²) in [7, 11) is 1.49. The highest BCUT2D eigenvalue weighted by molar-refractivity contribution is 9.08. The molecule has 0 fully saturated rings. The number of hydrogen-bond acceptors (Lipinski definition) is 4. The number of carbonyl (C=O) groups is 1. The number of aromatic nitrogens is 2. The number of rotatable bonds is 4. The van der Waals surface area contributed by atoms with Crippen LogP contribution in [0, 0.1) is 10.4 Å². The molecule has 24 heavy (non-hydrogen) atoms. The van der Waals surface area contributed by atoms with Crippen molar-refractivity contribution in [3.8, 4) is 5.75 Å². The quantitative estimate of drug-likeness (QED) is 0.297. The Bertz CT molecular complexity index is 943. The number of para-hydroxylation sites is 2. The minimum Gasteiger partial charge on any atom is -0.618 e. The first-order valence-corrected chi connectivity index (χ1v) is 8.22. The summed E-state index contributed by atoms with van der Waals surface area (Å²) in [5.41, 5.74) is 0.495. The Kier molecular flexibility index (Phi) is 4.35. The molecule has 0 radical (unpaired) electrons. The number of methoxy groups -OCH3 is 1. The van der Waals surface area contributed by atoms with E-state index in [0.29, 0.717) is 15.2 Å². The largest absolute Gasteiger partial charge is 0.618 e. The summed E-state index contributed by atoms with van der Waals surface area (Å²) in [5.74, 6) is -0.0387. The molecule has 0 aliphatic heterocycles. The number of fused-ring (bicyclic) bond motifs is 1. The number of alkyl halides is 1. The number of halogens is 1. The van der Waals surface area contributed by atoms with Gasteiger partial charge in [-0.05, 0) is 12.1 Å². The average Bonchev–Trinajstić information content (AvgIpc) is 2.64. The molecule has 7 heteroatoms. The summed E-state index contributed by atoms with van der Waals surface area (Å²) < 4.78 is 6.24. The number of ether oxygens (including phenoxy) is 1. The summed E-state index contributed by atoms with van der Waals surface area (Å²) in [5, 5.41) is 25.3. The van der Waals surface area contributed by atoms with Gasteiger partial charge in [0.2, 0.25) is 0 Å². The summed E-state index contributed by atoms with van der Waals surface area (Å²) in [6, 6.07) is 12.8. The molecule has 0 N–H and O–H groups in total. The number of nitrogens with zero attached hydrogens (tertiary/aromatic N) is 2. The van der Waals surface area contributed by atoms with Crippen molar-refractivity contribution in [1.29, 1.82) is 0 Å². The van der Waals surface area contributed by atoms with E-state index in [1.54, 1.807) is 36.4 Å². The zero-order valence-electron chi connectivity index (χ0n) is 12.7. The monoisotopic (exact) mass is 388 g/mol. The molecule has 2 aromatic carbocycles. The van der Waals surface area contributed by atoms with Gasteiger partial charge < -0.3 is 15.2 Å². The predicted molar refractivity (Wildman–Crippen MR) is 90.9 cm³/mol. The number of carbonyl (C=O) groups excluding carboxylic acids is 1. The van der Waals surface area contributed by atoms with Crippen LogP contribution in [0.3, 0.4) is 0 Å². The predicted octanol–water partition coefficient (Wildman–Crippen LogP) is 2.24. The highest BCUT2D eigenvalue weighted by Crippen LogP contribution is 2.18. The van der Waals surface area contributed by atoms with Crippen LogP contribution in [0.1, 0.15) is 21.7 Å². The summed E-state index contributed by atoms with van der Waals surface area (Å²) in [6.07, 6.45) is 0. The molecule has 6 nitrogen and oxygen atoms in total. The highest BCUT2D eigenvalue weighted by atomic mass is 79.9. The van der Waals surface area contributed by atoms with Crippen molar-refractivity contribution in [2.75, 3.05) is 7.11 Å². The fraction of sp³-hybridized carbons (Fsp3) is 0.118. The van der Waals surface area contributed by atoms with E-state index >= 15 is 0 Å². The second-order valence-corrected chi connectivity index (χ2v) is 5.63. The zero-order chi connectivity index (χ0) is 17.3. The van der Waals surface area contributed by atoms with Gasteiger partial charge in [-0.15, -0.1) is 0 Å². The lowest BCUT2D eigenvalue weighted by molar-refractivity contribution is -0.635. The van der Waals surface area contributed by atoms with Crippen LogP contribution in [0.5, 0.6) is 5.75 Å². The maximum Gasteiger partial charge on any atom is 0.335 e. The van der Waals surface area contributed by atoms with Crippen LogP contribution in [0.2, 0.25) is 0 Å². The Morgan fingerprint density at radius 1 is 1.08 bits per heavy atom. The van der Waals surface area contributed by atoms with E-state index in [0.717, 1.165) is 0 Å². The molecule has 0 aliphatic rings. The van der Waals surface area contributed by atoms with Gasteiger partial charge in [0.15, 0.2) is 0 Å². The van der Waals surface area contributed by atoms with E-state index in [9.17, 15) is 15.2 Å². The Hall–Kier alpha value is -2.67. The minimum absolute atomic E-state index is 0.0662. The van der Waals surface area contributed by atoms with E-state index in [1.165, 1.54) is 19.2 Å². The second-order valence-electron chi connectivity index (χ2n) is 5.07. The molecular weight excluding hydrogens is 376 g/mol. The van der Waals surface area contributed by atoms with Gasteiger partial charge >= 0.3 is 5.69 Å². The average molecular weight is 389 g/mol. The van der Waals surface area contributed by atoms with Crippen molar-refractivity contribution in [1.82, 2.24) is 0 Å².